The standard InChI is InChI=1S/C20H30N4O3/c25-20(24-9-12-26-13-10-24)16-3-4-19(21-14-16)22-17-5-7-23(8-6-17)15-18-2-1-11-27-18/h3-4,14,17-18H,1-2,5-13,15H2,(H,21,22). The van der Waals surface area contributed by atoms with Gasteiger partial charge in [0, 0.05) is 51.6 Å². The third-order valence-electron chi connectivity index (χ3n) is 5.73. The van der Waals surface area contributed by atoms with E-state index < -0.39 is 0 Å². The smallest absolute Gasteiger partial charge is 0.255 e. The molecule has 0 aromatic carbocycles. The first-order valence-electron chi connectivity index (χ1n) is 10.2. The molecule has 1 atom stereocenters. The van der Waals surface area contributed by atoms with E-state index in [1.807, 2.05) is 17.0 Å². The van der Waals surface area contributed by atoms with Gasteiger partial charge >= 0.3 is 0 Å². The van der Waals surface area contributed by atoms with Crippen molar-refractivity contribution in [3.05, 3.63) is 23.9 Å². The quantitative estimate of drug-likeness (QED) is 0.845. The highest BCUT2D eigenvalue weighted by atomic mass is 16.5. The molecule has 0 bridgehead atoms. The van der Waals surface area contributed by atoms with Crippen LogP contribution >= 0.6 is 0 Å². The van der Waals surface area contributed by atoms with E-state index in [1.165, 1.54) is 12.8 Å². The van der Waals surface area contributed by atoms with E-state index in [0.717, 1.165) is 44.9 Å². The van der Waals surface area contributed by atoms with Gasteiger partial charge in [0.2, 0.25) is 0 Å². The van der Waals surface area contributed by atoms with Gasteiger partial charge in [-0.15, -0.1) is 0 Å². The summed E-state index contributed by atoms with van der Waals surface area (Å²) in [6, 6.07) is 4.24. The molecule has 1 aromatic heterocycles. The van der Waals surface area contributed by atoms with Crippen molar-refractivity contribution in [2.24, 2.45) is 0 Å². The molecule has 3 fully saturated rings. The number of ether oxygens (including phenoxy) is 2. The number of morpholine rings is 1. The van der Waals surface area contributed by atoms with E-state index in [9.17, 15) is 4.79 Å². The molecule has 1 unspecified atom stereocenters. The van der Waals surface area contributed by atoms with Crippen LogP contribution in [-0.2, 0) is 9.47 Å². The van der Waals surface area contributed by atoms with Crippen molar-refractivity contribution >= 4 is 11.7 Å². The van der Waals surface area contributed by atoms with Crippen LogP contribution in [0.1, 0.15) is 36.0 Å². The molecule has 4 rings (SSSR count). The molecule has 3 aliphatic heterocycles. The van der Waals surface area contributed by atoms with Crippen LogP contribution in [0.2, 0.25) is 0 Å². The van der Waals surface area contributed by atoms with Gasteiger partial charge in [-0.2, -0.15) is 0 Å². The molecule has 7 heteroatoms. The molecular weight excluding hydrogens is 344 g/mol. The van der Waals surface area contributed by atoms with Gasteiger partial charge in [-0.25, -0.2) is 4.98 Å². The first-order valence-corrected chi connectivity index (χ1v) is 10.2. The zero-order valence-electron chi connectivity index (χ0n) is 15.9. The van der Waals surface area contributed by atoms with E-state index >= 15 is 0 Å². The summed E-state index contributed by atoms with van der Waals surface area (Å²) in [5.74, 6) is 0.894. The number of rotatable bonds is 5. The van der Waals surface area contributed by atoms with Crippen molar-refractivity contribution < 1.29 is 14.3 Å². The van der Waals surface area contributed by atoms with Crippen molar-refractivity contribution in [2.75, 3.05) is 57.9 Å². The average molecular weight is 374 g/mol. The summed E-state index contributed by atoms with van der Waals surface area (Å²) >= 11 is 0. The molecule has 1 N–H and O–H groups in total. The van der Waals surface area contributed by atoms with Crippen molar-refractivity contribution in [3.8, 4) is 0 Å². The predicted molar refractivity (Wildman–Crippen MR) is 103 cm³/mol. The molecule has 1 amide bonds. The largest absolute Gasteiger partial charge is 0.378 e. The topological polar surface area (TPSA) is 66.9 Å². The molecule has 0 spiro atoms. The van der Waals surface area contributed by atoms with Crippen LogP contribution in [-0.4, -0.2) is 85.4 Å². The van der Waals surface area contributed by atoms with Gasteiger partial charge < -0.3 is 24.6 Å². The molecule has 3 saturated heterocycles. The van der Waals surface area contributed by atoms with Crippen LogP contribution < -0.4 is 5.32 Å². The summed E-state index contributed by atoms with van der Waals surface area (Å²) in [4.78, 5) is 21.3. The Hall–Kier alpha value is -1.70. The van der Waals surface area contributed by atoms with Crippen LogP contribution in [0.25, 0.3) is 0 Å². The molecule has 0 aliphatic carbocycles. The summed E-state index contributed by atoms with van der Waals surface area (Å²) in [7, 11) is 0. The highest BCUT2D eigenvalue weighted by Gasteiger charge is 2.24. The summed E-state index contributed by atoms with van der Waals surface area (Å²) in [6.45, 7) is 6.75. The normalized spacial score (nSPS) is 24.9. The molecule has 1 aromatic rings. The lowest BCUT2D eigenvalue weighted by molar-refractivity contribution is 0.0302. The SMILES string of the molecule is O=C(c1ccc(NC2CCN(CC3CCCO3)CC2)nc1)N1CCOCC1. The lowest BCUT2D eigenvalue weighted by atomic mass is 10.0. The fourth-order valence-corrected chi connectivity index (χ4v) is 4.10. The fourth-order valence-electron chi connectivity index (χ4n) is 4.10. The van der Waals surface area contributed by atoms with Gasteiger partial charge in [0.15, 0.2) is 0 Å². The maximum atomic E-state index is 12.5. The molecule has 27 heavy (non-hydrogen) atoms. The Kier molecular flexibility index (Phi) is 6.21. The monoisotopic (exact) mass is 374 g/mol. The van der Waals surface area contributed by atoms with Gasteiger partial charge in [0.25, 0.3) is 5.91 Å². The molecule has 0 radical (unpaired) electrons. The lowest BCUT2D eigenvalue weighted by Crippen LogP contribution is -2.42. The third-order valence-corrected chi connectivity index (χ3v) is 5.73. The van der Waals surface area contributed by atoms with E-state index in [-0.39, 0.29) is 5.91 Å². The van der Waals surface area contributed by atoms with Gasteiger partial charge in [-0.1, -0.05) is 0 Å². The Morgan fingerprint density at radius 2 is 1.93 bits per heavy atom. The number of hydrogen-bond acceptors (Lipinski definition) is 6. The molecule has 3 aliphatic rings. The zero-order valence-corrected chi connectivity index (χ0v) is 15.9. The van der Waals surface area contributed by atoms with Gasteiger partial charge in [-0.3, -0.25) is 4.79 Å². The van der Waals surface area contributed by atoms with E-state index in [1.54, 1.807) is 6.20 Å². The fraction of sp³-hybridized carbons (Fsp3) is 0.700. The number of anilines is 1. The van der Waals surface area contributed by atoms with E-state index in [4.69, 9.17) is 9.47 Å². The van der Waals surface area contributed by atoms with Crippen LogP contribution in [0.5, 0.6) is 0 Å². The first kappa shape index (κ1) is 18.7. The Morgan fingerprint density at radius 1 is 1.11 bits per heavy atom. The minimum absolute atomic E-state index is 0.0415. The summed E-state index contributed by atoms with van der Waals surface area (Å²) < 4.78 is 11.1. The molecule has 0 saturated carbocycles. The Bertz CT molecular complexity index is 604. The summed E-state index contributed by atoms with van der Waals surface area (Å²) in [5.41, 5.74) is 0.647. The van der Waals surface area contributed by atoms with Crippen molar-refractivity contribution in [1.29, 1.82) is 0 Å². The number of carbonyl (C=O) groups excluding carboxylic acids is 1. The lowest BCUT2D eigenvalue weighted by Gasteiger charge is -2.33. The summed E-state index contributed by atoms with van der Waals surface area (Å²) in [5, 5.41) is 3.53. The highest BCUT2D eigenvalue weighted by Crippen LogP contribution is 2.19. The Labute approximate surface area is 161 Å². The molecule has 7 nitrogen and oxygen atoms in total. The third kappa shape index (κ3) is 4.97. The maximum Gasteiger partial charge on any atom is 0.255 e. The molecule has 4 heterocycles. The minimum Gasteiger partial charge on any atom is -0.378 e. The zero-order chi connectivity index (χ0) is 18.5. The number of aromatic nitrogens is 1. The predicted octanol–water partition coefficient (Wildman–Crippen LogP) is 1.61. The number of piperidine rings is 1. The second-order valence-electron chi connectivity index (χ2n) is 7.69. The number of nitrogens with zero attached hydrogens (tertiary/aromatic N) is 3. The van der Waals surface area contributed by atoms with Crippen molar-refractivity contribution in [2.45, 2.75) is 37.8 Å². The number of pyridine rings is 1. The van der Waals surface area contributed by atoms with Gasteiger partial charge in [-0.05, 0) is 37.8 Å². The maximum absolute atomic E-state index is 12.5. The van der Waals surface area contributed by atoms with Crippen molar-refractivity contribution in [3.63, 3.8) is 0 Å². The van der Waals surface area contributed by atoms with Crippen LogP contribution in [0.15, 0.2) is 18.3 Å². The number of nitrogens with one attached hydrogen (secondary N) is 1. The first-order chi connectivity index (χ1) is 13.3. The second kappa shape index (κ2) is 8.99. The van der Waals surface area contributed by atoms with Gasteiger partial charge in [0.05, 0.1) is 24.9 Å². The number of likely N-dealkylation sites (tertiary alicyclic amines) is 1. The molecule has 148 valence electrons. The van der Waals surface area contributed by atoms with E-state index in [2.05, 4.69) is 15.2 Å². The van der Waals surface area contributed by atoms with E-state index in [0.29, 0.717) is 44.0 Å². The second-order valence-corrected chi connectivity index (χ2v) is 7.69. The number of carbonyl (C=O) groups is 1. The van der Waals surface area contributed by atoms with Crippen LogP contribution in [0.4, 0.5) is 5.82 Å². The van der Waals surface area contributed by atoms with Crippen molar-refractivity contribution in [1.82, 2.24) is 14.8 Å². The van der Waals surface area contributed by atoms with Crippen LogP contribution in [0.3, 0.4) is 0 Å². The Morgan fingerprint density at radius 3 is 2.59 bits per heavy atom. The van der Waals surface area contributed by atoms with Gasteiger partial charge in [0.1, 0.15) is 5.82 Å². The number of hydrogen-bond donors (Lipinski definition) is 1. The minimum atomic E-state index is 0.0415. The molecular formula is C20H30N4O3. The summed E-state index contributed by atoms with van der Waals surface area (Å²) in [6.07, 6.45) is 6.77. The highest BCUT2D eigenvalue weighted by molar-refractivity contribution is 5.94. The Balaban J connectivity index is 1.23. The van der Waals surface area contributed by atoms with Crippen LogP contribution in [0, 0.1) is 0 Å². The number of amides is 1. The average Bonchev–Trinajstić information content (AvgIpc) is 3.23.